The molecule has 4 rings (SSSR count). The molecule has 2 aromatic carbocycles. The Morgan fingerprint density at radius 1 is 0.938 bits per heavy atom. The summed E-state index contributed by atoms with van der Waals surface area (Å²) in [5, 5.41) is 8.95. The van der Waals surface area contributed by atoms with E-state index < -0.39 is 11.6 Å². The fraction of sp³-hybridized carbons (Fsp3) is 0.200. The van der Waals surface area contributed by atoms with Crippen LogP contribution in [0.15, 0.2) is 72.9 Å². The number of amides is 3. The van der Waals surface area contributed by atoms with Crippen LogP contribution in [0.4, 0.5) is 10.5 Å². The molecule has 1 aliphatic rings. The standard InChI is InChI=1S/C25H22N4O2.ClH/c1-25(2)23(30)29(22-13-12-21(15-26)27-16-22)24(31)28(25)17-20-11-7-6-10-19(20)14-18-8-4-3-5-9-18;/h3-13,16H,14,17H2,1-2H3;1H. The number of aromatic nitrogens is 1. The first-order chi connectivity index (χ1) is 14.9. The number of benzene rings is 2. The first kappa shape index (κ1) is 23.0. The Kier molecular flexibility index (Phi) is 6.61. The highest BCUT2D eigenvalue weighted by molar-refractivity contribution is 6.22. The van der Waals surface area contributed by atoms with Gasteiger partial charge in [-0.25, -0.2) is 14.7 Å². The van der Waals surface area contributed by atoms with Crippen LogP contribution in [0.1, 0.15) is 36.2 Å². The second kappa shape index (κ2) is 9.21. The number of halogens is 1. The van der Waals surface area contributed by atoms with Gasteiger partial charge in [-0.3, -0.25) is 4.79 Å². The summed E-state index contributed by atoms with van der Waals surface area (Å²) in [5.74, 6) is -0.315. The van der Waals surface area contributed by atoms with Crippen LogP contribution in [0.5, 0.6) is 0 Å². The van der Waals surface area contributed by atoms with Crippen molar-refractivity contribution in [2.45, 2.75) is 32.4 Å². The summed E-state index contributed by atoms with van der Waals surface area (Å²) in [6.45, 7) is 3.83. The van der Waals surface area contributed by atoms with Crippen LogP contribution < -0.4 is 4.90 Å². The first-order valence-corrected chi connectivity index (χ1v) is 10.0. The summed E-state index contributed by atoms with van der Waals surface area (Å²) in [5.41, 5.74) is 2.88. The molecule has 2 heterocycles. The lowest BCUT2D eigenvalue weighted by Gasteiger charge is -2.28. The number of pyridine rings is 1. The van der Waals surface area contributed by atoms with Gasteiger partial charge in [0.25, 0.3) is 5.91 Å². The average molecular weight is 447 g/mol. The van der Waals surface area contributed by atoms with E-state index in [1.165, 1.54) is 17.8 Å². The number of hydrogen-bond donors (Lipinski definition) is 0. The highest BCUT2D eigenvalue weighted by Gasteiger charge is 2.51. The first-order valence-electron chi connectivity index (χ1n) is 10.0. The largest absolute Gasteiger partial charge is 0.332 e. The number of carbonyl (C=O) groups is 2. The number of imide groups is 1. The number of anilines is 1. The van der Waals surface area contributed by atoms with Crippen molar-refractivity contribution < 1.29 is 9.59 Å². The third kappa shape index (κ3) is 4.20. The van der Waals surface area contributed by atoms with Crippen molar-refractivity contribution in [2.75, 3.05) is 4.90 Å². The van der Waals surface area contributed by atoms with E-state index in [0.717, 1.165) is 22.4 Å². The van der Waals surface area contributed by atoms with Crippen LogP contribution in [-0.4, -0.2) is 27.4 Å². The van der Waals surface area contributed by atoms with Gasteiger partial charge in [0.15, 0.2) is 0 Å². The maximum absolute atomic E-state index is 13.3. The summed E-state index contributed by atoms with van der Waals surface area (Å²) in [6, 6.07) is 22.8. The minimum absolute atomic E-state index is 0. The number of rotatable bonds is 5. The Morgan fingerprint density at radius 3 is 2.22 bits per heavy atom. The van der Waals surface area contributed by atoms with Gasteiger partial charge in [-0.15, -0.1) is 12.4 Å². The third-order valence-electron chi connectivity index (χ3n) is 5.63. The van der Waals surface area contributed by atoms with Crippen molar-refractivity contribution in [1.82, 2.24) is 9.88 Å². The lowest BCUT2D eigenvalue weighted by Crippen LogP contribution is -2.43. The van der Waals surface area contributed by atoms with Gasteiger partial charge in [0.1, 0.15) is 17.3 Å². The number of hydrogen-bond acceptors (Lipinski definition) is 4. The Balaban J connectivity index is 0.00000289. The molecule has 0 atom stereocenters. The van der Waals surface area contributed by atoms with Crippen LogP contribution >= 0.6 is 12.4 Å². The zero-order chi connectivity index (χ0) is 22.0. The zero-order valence-corrected chi connectivity index (χ0v) is 18.7. The average Bonchev–Trinajstić information content (AvgIpc) is 2.95. The maximum atomic E-state index is 13.3. The fourth-order valence-electron chi connectivity index (χ4n) is 3.78. The van der Waals surface area contributed by atoms with Gasteiger partial charge in [-0.05, 0) is 49.1 Å². The van der Waals surface area contributed by atoms with Crippen molar-refractivity contribution in [2.24, 2.45) is 0 Å². The zero-order valence-electron chi connectivity index (χ0n) is 17.9. The molecule has 0 radical (unpaired) electrons. The van der Waals surface area contributed by atoms with Crippen LogP contribution in [0.2, 0.25) is 0 Å². The van der Waals surface area contributed by atoms with E-state index in [4.69, 9.17) is 5.26 Å². The summed E-state index contributed by atoms with van der Waals surface area (Å²) in [6.07, 6.45) is 2.13. The van der Waals surface area contributed by atoms with Gasteiger partial charge in [0.05, 0.1) is 11.9 Å². The smallest absolute Gasteiger partial charge is 0.305 e. The highest BCUT2D eigenvalue weighted by Crippen LogP contribution is 2.33. The molecule has 1 saturated heterocycles. The molecular weight excluding hydrogens is 424 g/mol. The molecule has 0 bridgehead atoms. The van der Waals surface area contributed by atoms with Crippen molar-refractivity contribution in [1.29, 1.82) is 5.26 Å². The number of nitriles is 1. The lowest BCUT2D eigenvalue weighted by atomic mass is 9.97. The molecule has 1 aromatic heterocycles. The summed E-state index contributed by atoms with van der Waals surface area (Å²) in [7, 11) is 0. The van der Waals surface area contributed by atoms with Crippen LogP contribution in [0, 0.1) is 11.3 Å². The fourth-order valence-corrected chi connectivity index (χ4v) is 3.78. The van der Waals surface area contributed by atoms with Gasteiger partial charge in [0.2, 0.25) is 0 Å². The summed E-state index contributed by atoms with van der Waals surface area (Å²) < 4.78 is 0. The van der Waals surface area contributed by atoms with E-state index in [1.807, 2.05) is 42.5 Å². The number of urea groups is 1. The molecule has 32 heavy (non-hydrogen) atoms. The van der Waals surface area contributed by atoms with Gasteiger partial charge in [0, 0.05) is 6.54 Å². The van der Waals surface area contributed by atoms with Gasteiger partial charge in [-0.1, -0.05) is 54.6 Å². The van der Waals surface area contributed by atoms with E-state index in [1.54, 1.807) is 24.8 Å². The van der Waals surface area contributed by atoms with Crippen molar-refractivity contribution in [3.8, 4) is 6.07 Å². The second-order valence-electron chi connectivity index (χ2n) is 8.01. The minimum atomic E-state index is -1.01. The molecule has 7 heteroatoms. The SMILES string of the molecule is CC1(C)C(=O)N(c2ccc(C#N)nc2)C(=O)N1Cc1ccccc1Cc1ccccc1.Cl. The Morgan fingerprint density at radius 2 is 1.59 bits per heavy atom. The molecule has 1 fully saturated rings. The molecule has 0 saturated carbocycles. The van der Waals surface area contributed by atoms with Crippen molar-refractivity contribution >= 4 is 30.0 Å². The van der Waals surface area contributed by atoms with E-state index >= 15 is 0 Å². The molecule has 1 aliphatic heterocycles. The van der Waals surface area contributed by atoms with Crippen molar-refractivity contribution in [3.63, 3.8) is 0 Å². The molecule has 3 amide bonds. The van der Waals surface area contributed by atoms with Crippen LogP contribution in [0.3, 0.4) is 0 Å². The molecule has 0 N–H and O–H groups in total. The molecular formula is C25H23ClN4O2. The maximum Gasteiger partial charge on any atom is 0.332 e. The molecule has 6 nitrogen and oxygen atoms in total. The van der Waals surface area contributed by atoms with E-state index in [-0.39, 0.29) is 24.0 Å². The molecule has 162 valence electrons. The Bertz CT molecular complexity index is 1170. The van der Waals surface area contributed by atoms with E-state index in [0.29, 0.717) is 12.2 Å². The minimum Gasteiger partial charge on any atom is -0.305 e. The topological polar surface area (TPSA) is 77.3 Å². The number of carbonyl (C=O) groups excluding carboxylic acids is 2. The number of nitrogens with zero attached hydrogens (tertiary/aromatic N) is 4. The predicted molar refractivity (Wildman–Crippen MR) is 124 cm³/mol. The Hall–Kier alpha value is -3.69. The molecule has 0 spiro atoms. The lowest BCUT2D eigenvalue weighted by molar-refractivity contribution is -0.123. The Labute approximate surface area is 193 Å². The summed E-state index contributed by atoms with van der Waals surface area (Å²) >= 11 is 0. The quantitative estimate of drug-likeness (QED) is 0.531. The van der Waals surface area contributed by atoms with E-state index in [2.05, 4.69) is 23.2 Å². The normalized spacial score (nSPS) is 14.8. The monoisotopic (exact) mass is 446 g/mol. The summed E-state index contributed by atoms with van der Waals surface area (Å²) in [4.78, 5) is 33.2. The molecule has 3 aromatic rings. The molecule has 0 aliphatic carbocycles. The second-order valence-corrected chi connectivity index (χ2v) is 8.01. The van der Waals surface area contributed by atoms with Crippen LogP contribution in [0.25, 0.3) is 0 Å². The van der Waals surface area contributed by atoms with Gasteiger partial charge in [-0.2, -0.15) is 5.26 Å². The van der Waals surface area contributed by atoms with Gasteiger partial charge >= 0.3 is 6.03 Å². The molecule has 0 unspecified atom stereocenters. The van der Waals surface area contributed by atoms with E-state index in [9.17, 15) is 9.59 Å². The third-order valence-corrected chi connectivity index (χ3v) is 5.63. The van der Waals surface area contributed by atoms with Crippen molar-refractivity contribution in [3.05, 3.63) is 95.3 Å². The predicted octanol–water partition coefficient (Wildman–Crippen LogP) is 4.71. The van der Waals surface area contributed by atoms with Gasteiger partial charge < -0.3 is 4.90 Å². The van der Waals surface area contributed by atoms with Crippen LogP contribution in [-0.2, 0) is 17.8 Å². The highest BCUT2D eigenvalue weighted by atomic mass is 35.5.